The summed E-state index contributed by atoms with van der Waals surface area (Å²) < 4.78 is 0. The van der Waals surface area contributed by atoms with Crippen molar-refractivity contribution in [3.63, 3.8) is 0 Å². The zero-order valence-corrected chi connectivity index (χ0v) is 10.8. The van der Waals surface area contributed by atoms with E-state index in [-0.39, 0.29) is 5.41 Å². The van der Waals surface area contributed by atoms with Crippen LogP contribution in [0.15, 0.2) is 24.4 Å². The first kappa shape index (κ1) is 11.7. The number of hydrogen-bond donors (Lipinski definition) is 2. The van der Waals surface area contributed by atoms with Gasteiger partial charge in [-0.2, -0.15) is 0 Å². The van der Waals surface area contributed by atoms with Crippen LogP contribution in [-0.4, -0.2) is 9.97 Å². The zero-order valence-electron chi connectivity index (χ0n) is 10.8. The maximum atomic E-state index is 5.92. The third-order valence-electron chi connectivity index (χ3n) is 2.88. The van der Waals surface area contributed by atoms with E-state index in [1.54, 1.807) is 0 Å². The Morgan fingerprint density at radius 1 is 1.24 bits per heavy atom. The van der Waals surface area contributed by atoms with Crippen molar-refractivity contribution in [2.45, 2.75) is 33.1 Å². The predicted octanol–water partition coefficient (Wildman–Crippen LogP) is 3.26. The van der Waals surface area contributed by atoms with Gasteiger partial charge in [0.15, 0.2) is 0 Å². The minimum Gasteiger partial charge on any atom is -0.398 e. The van der Waals surface area contributed by atoms with E-state index in [9.17, 15) is 0 Å². The van der Waals surface area contributed by atoms with Gasteiger partial charge < -0.3 is 10.7 Å². The van der Waals surface area contributed by atoms with Crippen molar-refractivity contribution >= 4 is 5.69 Å². The maximum Gasteiger partial charge on any atom is 0.111 e. The summed E-state index contributed by atoms with van der Waals surface area (Å²) in [6, 6.07) is 6.07. The molecular formula is C14H19N3. The minimum atomic E-state index is 0.0362. The molecule has 0 spiro atoms. The zero-order chi connectivity index (χ0) is 12.6. The largest absolute Gasteiger partial charge is 0.398 e. The molecular weight excluding hydrogens is 210 g/mol. The average Bonchev–Trinajstić information content (AvgIpc) is 2.70. The Bertz CT molecular complexity index is 533. The molecule has 1 aromatic carbocycles. The number of hydrogen-bond acceptors (Lipinski definition) is 2. The number of benzene rings is 1. The lowest BCUT2D eigenvalue weighted by molar-refractivity contribution is 0.553. The van der Waals surface area contributed by atoms with E-state index in [4.69, 9.17) is 5.73 Å². The van der Waals surface area contributed by atoms with Crippen LogP contribution in [0.5, 0.6) is 0 Å². The second-order valence-corrected chi connectivity index (χ2v) is 5.47. The van der Waals surface area contributed by atoms with Gasteiger partial charge in [0, 0.05) is 16.7 Å². The van der Waals surface area contributed by atoms with Crippen molar-refractivity contribution in [3.05, 3.63) is 35.8 Å². The van der Waals surface area contributed by atoms with E-state index < -0.39 is 0 Å². The van der Waals surface area contributed by atoms with Crippen LogP contribution in [0, 0.1) is 6.92 Å². The van der Waals surface area contributed by atoms with Crippen molar-refractivity contribution in [1.82, 2.24) is 9.97 Å². The highest BCUT2D eigenvalue weighted by molar-refractivity contribution is 5.65. The van der Waals surface area contributed by atoms with E-state index in [2.05, 4.69) is 36.8 Å². The minimum absolute atomic E-state index is 0.0362. The van der Waals surface area contributed by atoms with Crippen LogP contribution in [0.2, 0.25) is 0 Å². The van der Waals surface area contributed by atoms with Gasteiger partial charge in [0.25, 0.3) is 0 Å². The van der Waals surface area contributed by atoms with Gasteiger partial charge in [-0.3, -0.25) is 0 Å². The van der Waals surface area contributed by atoms with Crippen LogP contribution in [0.25, 0.3) is 11.3 Å². The van der Waals surface area contributed by atoms with Gasteiger partial charge in [0.1, 0.15) is 5.82 Å². The summed E-state index contributed by atoms with van der Waals surface area (Å²) in [5, 5.41) is 0. The fourth-order valence-corrected chi connectivity index (χ4v) is 1.66. The quantitative estimate of drug-likeness (QED) is 0.737. The summed E-state index contributed by atoms with van der Waals surface area (Å²) in [6.45, 7) is 8.42. The Hall–Kier alpha value is -1.77. The number of imidazole rings is 1. The van der Waals surface area contributed by atoms with Crippen molar-refractivity contribution in [1.29, 1.82) is 0 Å². The van der Waals surface area contributed by atoms with E-state index in [0.717, 1.165) is 28.3 Å². The van der Waals surface area contributed by atoms with Gasteiger partial charge in [-0.25, -0.2) is 4.98 Å². The second kappa shape index (κ2) is 3.91. The van der Waals surface area contributed by atoms with Crippen LogP contribution < -0.4 is 5.73 Å². The predicted molar refractivity (Wildman–Crippen MR) is 71.9 cm³/mol. The molecule has 90 valence electrons. The van der Waals surface area contributed by atoms with Gasteiger partial charge >= 0.3 is 0 Å². The first-order valence-corrected chi connectivity index (χ1v) is 5.80. The summed E-state index contributed by atoms with van der Waals surface area (Å²) >= 11 is 0. The summed E-state index contributed by atoms with van der Waals surface area (Å²) in [7, 11) is 0. The third kappa shape index (κ3) is 2.33. The lowest BCUT2D eigenvalue weighted by atomic mass is 9.96. The van der Waals surface area contributed by atoms with Crippen LogP contribution in [0.4, 0.5) is 5.69 Å². The molecule has 0 aliphatic rings. The number of nitrogens with one attached hydrogen (secondary N) is 1. The smallest absolute Gasteiger partial charge is 0.111 e. The molecule has 3 nitrogen and oxygen atoms in total. The van der Waals surface area contributed by atoms with E-state index >= 15 is 0 Å². The summed E-state index contributed by atoms with van der Waals surface area (Å²) in [5.41, 5.74) is 9.96. The molecule has 17 heavy (non-hydrogen) atoms. The number of rotatable bonds is 1. The molecule has 0 aliphatic heterocycles. The SMILES string of the molecule is Cc1ccc(-c2cnc(C(C)(C)C)[nH]2)cc1N. The Kier molecular flexibility index (Phi) is 2.69. The van der Waals surface area contributed by atoms with Crippen molar-refractivity contribution < 1.29 is 0 Å². The van der Waals surface area contributed by atoms with Crippen molar-refractivity contribution in [2.24, 2.45) is 0 Å². The Labute approximate surface area is 102 Å². The molecule has 1 aromatic heterocycles. The average molecular weight is 229 g/mol. The number of aryl methyl sites for hydroxylation is 1. The molecule has 0 atom stereocenters. The van der Waals surface area contributed by atoms with Crippen LogP contribution in [0.1, 0.15) is 32.2 Å². The summed E-state index contributed by atoms with van der Waals surface area (Å²) in [5.74, 6) is 0.992. The first-order chi connectivity index (χ1) is 7.88. The highest BCUT2D eigenvalue weighted by atomic mass is 14.9. The Balaban J connectivity index is 2.40. The van der Waals surface area contributed by atoms with Crippen LogP contribution >= 0.6 is 0 Å². The molecule has 1 heterocycles. The second-order valence-electron chi connectivity index (χ2n) is 5.47. The van der Waals surface area contributed by atoms with E-state index in [1.165, 1.54) is 0 Å². The number of nitrogens with zero attached hydrogens (tertiary/aromatic N) is 1. The molecule has 3 N–H and O–H groups in total. The molecule has 0 saturated heterocycles. The topological polar surface area (TPSA) is 54.7 Å². The molecule has 0 radical (unpaired) electrons. The molecule has 0 amide bonds. The van der Waals surface area contributed by atoms with Gasteiger partial charge in [-0.1, -0.05) is 32.9 Å². The van der Waals surface area contributed by atoms with Gasteiger partial charge in [0.2, 0.25) is 0 Å². The van der Waals surface area contributed by atoms with E-state index in [1.807, 2.05) is 25.3 Å². The third-order valence-corrected chi connectivity index (χ3v) is 2.88. The number of nitrogen functional groups attached to an aromatic ring is 1. The first-order valence-electron chi connectivity index (χ1n) is 5.80. The molecule has 0 fully saturated rings. The van der Waals surface area contributed by atoms with Crippen molar-refractivity contribution in [3.8, 4) is 11.3 Å². The number of nitrogens with two attached hydrogens (primary N) is 1. The fourth-order valence-electron chi connectivity index (χ4n) is 1.66. The Morgan fingerprint density at radius 2 is 1.94 bits per heavy atom. The van der Waals surface area contributed by atoms with Gasteiger partial charge in [0.05, 0.1) is 11.9 Å². The molecule has 2 aromatic rings. The highest BCUT2D eigenvalue weighted by Gasteiger charge is 2.17. The molecule has 0 bridgehead atoms. The summed E-state index contributed by atoms with van der Waals surface area (Å²) in [4.78, 5) is 7.77. The van der Waals surface area contributed by atoms with Gasteiger partial charge in [-0.05, 0) is 18.6 Å². The summed E-state index contributed by atoms with van der Waals surface area (Å²) in [6.07, 6.45) is 1.87. The highest BCUT2D eigenvalue weighted by Crippen LogP contribution is 2.25. The Morgan fingerprint density at radius 3 is 2.47 bits per heavy atom. The molecule has 0 aliphatic carbocycles. The lowest BCUT2D eigenvalue weighted by Gasteiger charge is -2.14. The number of aromatic amines is 1. The van der Waals surface area contributed by atoms with Crippen molar-refractivity contribution in [2.75, 3.05) is 5.73 Å². The van der Waals surface area contributed by atoms with Crippen LogP contribution in [0.3, 0.4) is 0 Å². The number of anilines is 1. The number of aromatic nitrogens is 2. The molecule has 0 unspecified atom stereocenters. The fraction of sp³-hybridized carbons (Fsp3) is 0.357. The standard InChI is InChI=1S/C14H19N3/c1-9-5-6-10(7-11(9)15)12-8-16-13(17-12)14(2,3)4/h5-8H,15H2,1-4H3,(H,16,17). The molecule has 3 heteroatoms. The number of H-pyrrole nitrogens is 1. The van der Waals surface area contributed by atoms with Gasteiger partial charge in [-0.15, -0.1) is 0 Å². The monoisotopic (exact) mass is 229 g/mol. The molecule has 0 saturated carbocycles. The van der Waals surface area contributed by atoms with Crippen LogP contribution in [-0.2, 0) is 5.41 Å². The normalized spacial score (nSPS) is 11.8. The molecule has 2 rings (SSSR count). The lowest BCUT2D eigenvalue weighted by Crippen LogP contribution is -2.13. The maximum absolute atomic E-state index is 5.92. The van der Waals surface area contributed by atoms with E-state index in [0.29, 0.717) is 0 Å².